The molecule has 236 valence electrons. The number of rotatable bonds is 8. The molecular weight excluding hydrogens is 595 g/mol. The van der Waals surface area contributed by atoms with E-state index in [0.29, 0.717) is 30.2 Å². The number of carbonyl (C=O) groups excluding carboxylic acids is 2. The summed E-state index contributed by atoms with van der Waals surface area (Å²) in [4.78, 5) is 29.0. The molecule has 0 radical (unpaired) electrons. The van der Waals surface area contributed by atoms with Crippen LogP contribution in [0.4, 0.5) is 27.6 Å². The van der Waals surface area contributed by atoms with Gasteiger partial charge in [-0.05, 0) is 103 Å². The maximum Gasteiger partial charge on any atom is 0.416 e. The molecule has 1 aromatic heterocycles. The van der Waals surface area contributed by atoms with Gasteiger partial charge in [-0.2, -0.15) is 13.2 Å². The number of halogens is 5. The van der Waals surface area contributed by atoms with Crippen LogP contribution in [0.3, 0.4) is 0 Å². The van der Waals surface area contributed by atoms with Crippen molar-refractivity contribution in [3.05, 3.63) is 100 Å². The normalized spacial score (nSPS) is 13.9. The number of carbonyl (C=O) groups is 2. The van der Waals surface area contributed by atoms with Gasteiger partial charge in [0.15, 0.2) is 0 Å². The number of anilines is 1. The number of benzene rings is 3. The molecule has 0 spiro atoms. The zero-order valence-electron chi connectivity index (χ0n) is 24.4. The number of hydrogen-bond donors (Lipinski definition) is 3. The predicted octanol–water partition coefficient (Wildman–Crippen LogP) is 6.06. The average molecular weight is 627 g/mol. The molecule has 0 bridgehead atoms. The van der Waals surface area contributed by atoms with Crippen LogP contribution in [-0.4, -0.2) is 36.5 Å². The number of fused-ring (bicyclic) bond motifs is 1. The van der Waals surface area contributed by atoms with Gasteiger partial charge in [-0.15, -0.1) is 0 Å². The zero-order chi connectivity index (χ0) is 32.1. The lowest BCUT2D eigenvalue weighted by Crippen LogP contribution is -2.35. The largest absolute Gasteiger partial charge is 0.493 e. The van der Waals surface area contributed by atoms with Crippen molar-refractivity contribution < 1.29 is 36.3 Å². The Kier molecular flexibility index (Phi) is 9.62. The second kappa shape index (κ2) is 13.6. The smallest absolute Gasteiger partial charge is 0.416 e. The maximum absolute atomic E-state index is 15.1. The number of nitrogens with one attached hydrogen (secondary N) is 3. The van der Waals surface area contributed by atoms with Crippen LogP contribution in [0.15, 0.2) is 60.8 Å². The Labute approximate surface area is 256 Å². The van der Waals surface area contributed by atoms with Gasteiger partial charge in [0.25, 0.3) is 0 Å². The summed E-state index contributed by atoms with van der Waals surface area (Å²) in [5, 5.41) is 8.61. The number of piperidine rings is 1. The van der Waals surface area contributed by atoms with E-state index in [1.807, 2.05) is 25.1 Å². The van der Waals surface area contributed by atoms with Crippen LogP contribution in [0.1, 0.15) is 40.7 Å². The van der Waals surface area contributed by atoms with Crippen molar-refractivity contribution in [3.63, 3.8) is 0 Å². The predicted molar refractivity (Wildman–Crippen MR) is 159 cm³/mol. The lowest BCUT2D eigenvalue weighted by Gasteiger charge is -2.23. The van der Waals surface area contributed by atoms with Gasteiger partial charge in [0.05, 0.1) is 17.7 Å². The topological polar surface area (TPSA) is 92.4 Å². The molecule has 12 heteroatoms. The molecule has 0 atom stereocenters. The van der Waals surface area contributed by atoms with E-state index in [1.165, 1.54) is 12.1 Å². The highest BCUT2D eigenvalue weighted by atomic mass is 19.4. The zero-order valence-corrected chi connectivity index (χ0v) is 24.4. The second-order valence-electron chi connectivity index (χ2n) is 11.1. The van der Waals surface area contributed by atoms with E-state index in [-0.39, 0.29) is 17.7 Å². The van der Waals surface area contributed by atoms with Crippen LogP contribution in [0, 0.1) is 24.5 Å². The quantitative estimate of drug-likeness (QED) is 0.163. The highest BCUT2D eigenvalue weighted by Crippen LogP contribution is 2.31. The highest BCUT2D eigenvalue weighted by molar-refractivity contribution is 6.39. The number of nitrogens with zero attached hydrogens (tertiary/aromatic N) is 1. The molecule has 3 aromatic carbocycles. The molecule has 1 aliphatic rings. The molecule has 45 heavy (non-hydrogen) atoms. The fourth-order valence-corrected chi connectivity index (χ4v) is 5.24. The van der Waals surface area contributed by atoms with Crippen LogP contribution in [0.25, 0.3) is 10.9 Å². The Morgan fingerprint density at radius 3 is 2.49 bits per heavy atom. The van der Waals surface area contributed by atoms with Crippen molar-refractivity contribution >= 4 is 28.4 Å². The molecule has 2 heterocycles. The van der Waals surface area contributed by atoms with Gasteiger partial charge in [-0.25, -0.2) is 8.78 Å². The molecule has 0 aliphatic carbocycles. The summed E-state index contributed by atoms with van der Waals surface area (Å²) in [5.74, 6) is -2.83. The van der Waals surface area contributed by atoms with Crippen LogP contribution < -0.4 is 20.7 Å². The molecule has 1 fully saturated rings. The van der Waals surface area contributed by atoms with Crippen LogP contribution in [0.5, 0.6) is 5.75 Å². The monoisotopic (exact) mass is 626 g/mol. The summed E-state index contributed by atoms with van der Waals surface area (Å²) < 4.78 is 73.6. The van der Waals surface area contributed by atoms with Gasteiger partial charge >= 0.3 is 18.0 Å². The van der Waals surface area contributed by atoms with Crippen LogP contribution in [-0.2, 0) is 28.7 Å². The van der Waals surface area contributed by atoms with E-state index in [0.717, 1.165) is 65.8 Å². The van der Waals surface area contributed by atoms with Crippen molar-refractivity contribution in [2.75, 3.05) is 25.0 Å². The Balaban J connectivity index is 1.21. The van der Waals surface area contributed by atoms with E-state index in [9.17, 15) is 27.2 Å². The van der Waals surface area contributed by atoms with E-state index < -0.39 is 41.7 Å². The molecular formula is C33H31F5N4O3. The first-order valence-electron chi connectivity index (χ1n) is 14.4. The number of aryl methyl sites for hydroxylation is 1. The highest BCUT2D eigenvalue weighted by Gasteiger charge is 2.31. The van der Waals surface area contributed by atoms with Gasteiger partial charge in [-0.1, -0.05) is 6.07 Å². The van der Waals surface area contributed by atoms with Crippen molar-refractivity contribution in [1.29, 1.82) is 0 Å². The number of aromatic nitrogens is 1. The summed E-state index contributed by atoms with van der Waals surface area (Å²) in [6.45, 7) is 4.06. The van der Waals surface area contributed by atoms with Gasteiger partial charge in [0.1, 0.15) is 17.4 Å². The second-order valence-corrected chi connectivity index (χ2v) is 11.1. The number of alkyl halides is 3. The molecule has 0 unspecified atom stereocenters. The minimum absolute atomic E-state index is 0.00693. The van der Waals surface area contributed by atoms with Gasteiger partial charge < -0.3 is 20.7 Å². The van der Waals surface area contributed by atoms with Crippen LogP contribution in [0.2, 0.25) is 0 Å². The molecule has 0 saturated carbocycles. The van der Waals surface area contributed by atoms with Crippen molar-refractivity contribution in [2.45, 2.75) is 38.9 Å². The fraction of sp³-hybridized carbons (Fsp3) is 0.303. The number of amides is 2. The minimum atomic E-state index is -4.78. The first-order chi connectivity index (χ1) is 21.5. The Morgan fingerprint density at radius 2 is 1.76 bits per heavy atom. The molecule has 2 amide bonds. The van der Waals surface area contributed by atoms with Gasteiger partial charge in [-0.3, -0.25) is 14.6 Å². The Bertz CT molecular complexity index is 1720. The molecule has 3 N–H and O–H groups in total. The summed E-state index contributed by atoms with van der Waals surface area (Å²) >= 11 is 0. The Morgan fingerprint density at radius 1 is 0.978 bits per heavy atom. The Hall–Kier alpha value is -4.58. The molecule has 4 aromatic rings. The van der Waals surface area contributed by atoms with Crippen molar-refractivity contribution in [1.82, 2.24) is 15.6 Å². The third-order valence-corrected chi connectivity index (χ3v) is 7.70. The molecule has 5 rings (SSSR count). The lowest BCUT2D eigenvalue weighted by atomic mass is 9.98. The minimum Gasteiger partial charge on any atom is -0.493 e. The summed E-state index contributed by atoms with van der Waals surface area (Å²) in [6, 6.07) is 11.5. The standard InChI is InChI=1S/C33H31F5N4O3/c1-19-10-27-22(6-9-40-29(27)16-30(19)45-18-20-4-7-39-8-5-20)13-23-2-3-26(15-28(23)35)42-32(44)31(43)41-17-21-11-24(33(36,37)38)14-25(34)12-21/h2-3,6,9-12,14-16,20,39H,4-5,7-8,13,17-18H2,1H3,(H,41,43)(H,42,44). The van der Waals surface area contributed by atoms with E-state index in [4.69, 9.17) is 4.74 Å². The molecule has 1 aliphatic heterocycles. The third-order valence-electron chi connectivity index (χ3n) is 7.70. The summed E-state index contributed by atoms with van der Waals surface area (Å²) in [7, 11) is 0. The SMILES string of the molecule is Cc1cc2c(Cc3ccc(NC(=O)C(=O)NCc4cc(F)cc(C(F)(F)F)c4)cc3F)ccnc2cc1OCC1CCNCC1. The third kappa shape index (κ3) is 8.13. The summed E-state index contributed by atoms with van der Waals surface area (Å²) in [5.41, 5.74) is 1.46. The van der Waals surface area contributed by atoms with E-state index in [2.05, 4.69) is 20.9 Å². The fourth-order valence-electron chi connectivity index (χ4n) is 5.24. The van der Waals surface area contributed by atoms with Gasteiger partial charge in [0.2, 0.25) is 0 Å². The first kappa shape index (κ1) is 31.8. The van der Waals surface area contributed by atoms with E-state index >= 15 is 4.39 Å². The van der Waals surface area contributed by atoms with Crippen molar-refractivity contribution in [2.24, 2.45) is 5.92 Å². The van der Waals surface area contributed by atoms with Gasteiger partial charge in [0, 0.05) is 36.3 Å². The first-order valence-corrected chi connectivity index (χ1v) is 14.4. The summed E-state index contributed by atoms with van der Waals surface area (Å²) in [6.07, 6.45) is -0.739. The maximum atomic E-state index is 15.1. The molecule has 7 nitrogen and oxygen atoms in total. The lowest BCUT2D eigenvalue weighted by molar-refractivity contribution is -0.137. The van der Waals surface area contributed by atoms with Crippen LogP contribution >= 0.6 is 0 Å². The van der Waals surface area contributed by atoms with E-state index in [1.54, 1.807) is 6.20 Å². The number of pyridine rings is 1. The van der Waals surface area contributed by atoms with Crippen molar-refractivity contribution in [3.8, 4) is 5.75 Å². The number of ether oxygens (including phenoxy) is 1. The number of hydrogen-bond acceptors (Lipinski definition) is 5. The average Bonchev–Trinajstić information content (AvgIpc) is 3.00. The molecule has 1 saturated heterocycles.